The molecule has 1 aromatic heterocycles. The second kappa shape index (κ2) is 11.8. The summed E-state index contributed by atoms with van der Waals surface area (Å²) in [6.07, 6.45) is -1.33. The van der Waals surface area contributed by atoms with Gasteiger partial charge in [0.05, 0.1) is 17.3 Å². The van der Waals surface area contributed by atoms with Crippen molar-refractivity contribution in [1.29, 1.82) is 0 Å². The van der Waals surface area contributed by atoms with Crippen molar-refractivity contribution >= 4 is 17.5 Å². The van der Waals surface area contributed by atoms with Crippen LogP contribution in [0.2, 0.25) is 5.02 Å². The van der Waals surface area contributed by atoms with Gasteiger partial charge in [0.1, 0.15) is 12.4 Å². The molecule has 1 fully saturated rings. The predicted molar refractivity (Wildman–Crippen MR) is 132 cm³/mol. The average molecular weight is 518 g/mol. The number of halogens is 4. The van der Waals surface area contributed by atoms with Crippen LogP contribution in [0, 0.1) is 5.92 Å². The molecule has 0 spiro atoms. The van der Waals surface area contributed by atoms with E-state index in [-0.39, 0.29) is 30.2 Å². The Balaban J connectivity index is 1.28. The van der Waals surface area contributed by atoms with E-state index in [2.05, 4.69) is 15.2 Å². The van der Waals surface area contributed by atoms with Gasteiger partial charge in [-0.15, -0.1) is 0 Å². The van der Waals surface area contributed by atoms with Crippen LogP contribution < -0.4 is 10.1 Å². The highest BCUT2D eigenvalue weighted by molar-refractivity contribution is 6.30. The van der Waals surface area contributed by atoms with E-state index in [0.717, 1.165) is 23.4 Å². The van der Waals surface area contributed by atoms with Gasteiger partial charge in [0.25, 0.3) is 0 Å². The first-order valence-corrected chi connectivity index (χ1v) is 12.2. The molecule has 1 atom stereocenters. The minimum absolute atomic E-state index is 0.0273. The van der Waals surface area contributed by atoms with Crippen LogP contribution in [-0.4, -0.2) is 42.0 Å². The maximum absolute atomic E-state index is 13.1. The Hall–Kier alpha value is -3.10. The van der Waals surface area contributed by atoms with E-state index in [0.29, 0.717) is 37.5 Å². The fraction of sp³-hybridized carbons (Fsp3) is 0.333. The first-order valence-electron chi connectivity index (χ1n) is 11.8. The zero-order chi connectivity index (χ0) is 25.5. The van der Waals surface area contributed by atoms with Crippen molar-refractivity contribution in [1.82, 2.24) is 15.2 Å². The third-order valence-corrected chi connectivity index (χ3v) is 6.52. The number of benzene rings is 2. The number of likely N-dealkylation sites (tertiary alicyclic amines) is 1. The number of aromatic nitrogens is 1. The summed E-state index contributed by atoms with van der Waals surface area (Å²) in [5, 5.41) is 3.78. The van der Waals surface area contributed by atoms with Gasteiger partial charge in [-0.3, -0.25) is 14.7 Å². The molecular weight excluding hydrogens is 491 g/mol. The van der Waals surface area contributed by atoms with Gasteiger partial charge in [0.15, 0.2) is 0 Å². The molecule has 0 aliphatic carbocycles. The lowest BCUT2D eigenvalue weighted by Crippen LogP contribution is -2.42. The fourth-order valence-electron chi connectivity index (χ4n) is 4.26. The van der Waals surface area contributed by atoms with Gasteiger partial charge in [-0.05, 0) is 74.0 Å². The van der Waals surface area contributed by atoms with Crippen molar-refractivity contribution in [3.8, 4) is 5.75 Å². The Morgan fingerprint density at radius 1 is 1.08 bits per heavy atom. The largest absolute Gasteiger partial charge is 0.492 e. The van der Waals surface area contributed by atoms with Crippen molar-refractivity contribution < 1.29 is 22.7 Å². The Kier molecular flexibility index (Phi) is 8.48. The molecular formula is C27H27ClF3N3O2. The van der Waals surface area contributed by atoms with Crippen LogP contribution in [-0.2, 0) is 11.0 Å². The van der Waals surface area contributed by atoms with E-state index >= 15 is 0 Å². The third-order valence-electron chi connectivity index (χ3n) is 6.27. The van der Waals surface area contributed by atoms with Gasteiger partial charge in [-0.25, -0.2) is 0 Å². The van der Waals surface area contributed by atoms with E-state index in [1.165, 1.54) is 12.1 Å². The number of pyridine rings is 1. The molecule has 9 heteroatoms. The zero-order valence-corrected chi connectivity index (χ0v) is 20.3. The van der Waals surface area contributed by atoms with Gasteiger partial charge in [0, 0.05) is 23.7 Å². The topological polar surface area (TPSA) is 54.5 Å². The van der Waals surface area contributed by atoms with Gasteiger partial charge < -0.3 is 10.1 Å². The molecule has 2 aromatic carbocycles. The van der Waals surface area contributed by atoms with Crippen LogP contribution in [0.3, 0.4) is 0 Å². The van der Waals surface area contributed by atoms with E-state index in [4.69, 9.17) is 16.3 Å². The molecule has 3 aromatic rings. The number of amides is 1. The molecule has 36 heavy (non-hydrogen) atoms. The second-order valence-corrected chi connectivity index (χ2v) is 9.17. The highest BCUT2D eigenvalue weighted by Gasteiger charge is 2.31. The quantitative estimate of drug-likeness (QED) is 0.413. The van der Waals surface area contributed by atoms with Crippen molar-refractivity contribution in [2.75, 3.05) is 26.2 Å². The van der Waals surface area contributed by atoms with E-state index in [9.17, 15) is 18.0 Å². The zero-order valence-electron chi connectivity index (χ0n) is 19.5. The number of carbonyl (C=O) groups excluding carboxylic acids is 1. The number of nitrogens with zero attached hydrogens (tertiary/aromatic N) is 2. The maximum atomic E-state index is 13.1. The highest BCUT2D eigenvalue weighted by Crippen LogP contribution is 2.31. The normalized spacial score (nSPS) is 15.9. The number of hydrogen-bond acceptors (Lipinski definition) is 4. The SMILES string of the molecule is O=C(N[C@@H](c1ccc(Cl)cc1)c1ccccn1)C1CCN(CCOc2cccc(C(F)(F)F)c2)CC1. The lowest BCUT2D eigenvalue weighted by molar-refractivity contribution is -0.137. The van der Waals surface area contributed by atoms with Crippen LogP contribution in [0.4, 0.5) is 13.2 Å². The third kappa shape index (κ3) is 6.98. The Bertz CT molecular complexity index is 1140. The van der Waals surface area contributed by atoms with Crippen molar-refractivity contribution in [3.05, 3.63) is 94.8 Å². The van der Waals surface area contributed by atoms with E-state index in [1.54, 1.807) is 18.3 Å². The molecule has 1 aliphatic rings. The van der Waals surface area contributed by atoms with E-state index < -0.39 is 11.7 Å². The van der Waals surface area contributed by atoms with Crippen LogP contribution in [0.25, 0.3) is 0 Å². The van der Waals surface area contributed by atoms with Crippen LogP contribution in [0.15, 0.2) is 72.9 Å². The first kappa shape index (κ1) is 26.0. The number of hydrogen-bond donors (Lipinski definition) is 1. The summed E-state index contributed by atoms with van der Waals surface area (Å²) < 4.78 is 44.1. The summed E-state index contributed by atoms with van der Waals surface area (Å²) in [6.45, 7) is 2.26. The molecule has 1 saturated heterocycles. The van der Waals surface area contributed by atoms with Crippen molar-refractivity contribution in [3.63, 3.8) is 0 Å². The summed E-state index contributed by atoms with van der Waals surface area (Å²) in [5.41, 5.74) is 0.919. The minimum Gasteiger partial charge on any atom is -0.492 e. The molecule has 4 rings (SSSR count). The van der Waals surface area contributed by atoms with Crippen LogP contribution in [0.1, 0.15) is 35.7 Å². The molecule has 0 radical (unpaired) electrons. The fourth-order valence-corrected chi connectivity index (χ4v) is 4.39. The van der Waals surface area contributed by atoms with E-state index in [1.807, 2.05) is 30.3 Å². The average Bonchev–Trinajstić information content (AvgIpc) is 2.88. The summed E-state index contributed by atoms with van der Waals surface area (Å²) >= 11 is 6.04. The number of alkyl halides is 3. The first-order chi connectivity index (χ1) is 17.3. The second-order valence-electron chi connectivity index (χ2n) is 8.74. The Morgan fingerprint density at radius 3 is 2.50 bits per heavy atom. The highest BCUT2D eigenvalue weighted by atomic mass is 35.5. The lowest BCUT2D eigenvalue weighted by atomic mass is 9.94. The van der Waals surface area contributed by atoms with Gasteiger partial charge >= 0.3 is 6.18 Å². The predicted octanol–water partition coefficient (Wildman–Crippen LogP) is 5.75. The molecule has 0 unspecified atom stereocenters. The number of piperidine rings is 1. The molecule has 1 N–H and O–H groups in total. The van der Waals surface area contributed by atoms with Gasteiger partial charge in [-0.2, -0.15) is 13.2 Å². The van der Waals surface area contributed by atoms with Crippen molar-refractivity contribution in [2.24, 2.45) is 5.92 Å². The summed E-state index contributed by atoms with van der Waals surface area (Å²) in [7, 11) is 0. The standard InChI is InChI=1S/C27H27ClF3N3O2/c28-22-9-7-19(8-10-22)25(24-6-1-2-13-32-24)33-26(35)20-11-14-34(15-12-20)16-17-36-23-5-3-4-21(18-23)27(29,30)31/h1-10,13,18,20,25H,11-12,14-17H2,(H,33,35)/t25-/m0/s1. The van der Waals surface area contributed by atoms with Crippen LogP contribution >= 0.6 is 11.6 Å². The molecule has 0 bridgehead atoms. The minimum atomic E-state index is -4.40. The van der Waals surface area contributed by atoms with Crippen LogP contribution in [0.5, 0.6) is 5.75 Å². The van der Waals surface area contributed by atoms with Gasteiger partial charge in [0.2, 0.25) is 5.91 Å². The lowest BCUT2D eigenvalue weighted by Gasteiger charge is -2.32. The molecule has 1 amide bonds. The number of ether oxygens (including phenoxy) is 1. The number of nitrogens with one attached hydrogen (secondary N) is 1. The van der Waals surface area contributed by atoms with Crippen molar-refractivity contribution in [2.45, 2.75) is 25.1 Å². The number of carbonyl (C=O) groups is 1. The Labute approximate surface area is 213 Å². The monoisotopic (exact) mass is 517 g/mol. The summed E-state index contributed by atoms with van der Waals surface area (Å²) in [6, 6.07) is 17.5. The number of rotatable bonds is 8. The summed E-state index contributed by atoms with van der Waals surface area (Å²) in [4.78, 5) is 19.7. The summed E-state index contributed by atoms with van der Waals surface area (Å²) in [5.74, 6) is 0.0338. The maximum Gasteiger partial charge on any atom is 0.416 e. The molecule has 190 valence electrons. The Morgan fingerprint density at radius 2 is 1.83 bits per heavy atom. The molecule has 5 nitrogen and oxygen atoms in total. The molecule has 2 heterocycles. The smallest absolute Gasteiger partial charge is 0.416 e. The van der Waals surface area contributed by atoms with Gasteiger partial charge in [-0.1, -0.05) is 35.9 Å². The molecule has 0 saturated carbocycles. The molecule has 1 aliphatic heterocycles.